The Morgan fingerprint density at radius 3 is 2.53 bits per heavy atom. The van der Waals surface area contributed by atoms with E-state index in [9.17, 15) is 9.59 Å². The molecule has 1 N–H and O–H groups in total. The molecule has 5 nitrogen and oxygen atoms in total. The quantitative estimate of drug-likeness (QED) is 0.798. The van der Waals surface area contributed by atoms with Crippen molar-refractivity contribution in [3.05, 3.63) is 0 Å². The monoisotopic (exact) mass is 265 g/mol. The van der Waals surface area contributed by atoms with Crippen molar-refractivity contribution in [1.82, 2.24) is 15.1 Å². The average molecular weight is 265 g/mol. The molecule has 0 radical (unpaired) electrons. The molecule has 3 rings (SSSR count). The first kappa shape index (κ1) is 12.9. The van der Waals surface area contributed by atoms with E-state index < -0.39 is 0 Å². The summed E-state index contributed by atoms with van der Waals surface area (Å²) in [4.78, 5) is 27.7. The smallest absolute Gasteiger partial charge is 0.239 e. The van der Waals surface area contributed by atoms with Gasteiger partial charge in [0.1, 0.15) is 0 Å². The van der Waals surface area contributed by atoms with E-state index in [1.54, 1.807) is 4.90 Å². The van der Waals surface area contributed by atoms with Crippen LogP contribution in [0.4, 0.5) is 0 Å². The van der Waals surface area contributed by atoms with E-state index in [0.717, 1.165) is 19.5 Å². The zero-order chi connectivity index (χ0) is 13.3. The van der Waals surface area contributed by atoms with Crippen molar-refractivity contribution in [2.75, 3.05) is 32.7 Å². The molecule has 3 heterocycles. The second-order valence-electron chi connectivity index (χ2n) is 6.11. The maximum Gasteiger partial charge on any atom is 0.239 e. The molecule has 0 spiro atoms. The van der Waals surface area contributed by atoms with E-state index in [1.807, 2.05) is 0 Å². The predicted molar refractivity (Wildman–Crippen MR) is 71.6 cm³/mol. The normalized spacial score (nSPS) is 25.9. The van der Waals surface area contributed by atoms with Gasteiger partial charge in [-0.05, 0) is 45.2 Å². The van der Waals surface area contributed by atoms with Crippen molar-refractivity contribution < 1.29 is 9.59 Å². The Morgan fingerprint density at radius 2 is 1.89 bits per heavy atom. The lowest BCUT2D eigenvalue weighted by Crippen LogP contribution is -2.50. The number of nitrogens with zero attached hydrogens (tertiary/aromatic N) is 2. The Morgan fingerprint density at radius 1 is 1.16 bits per heavy atom. The second-order valence-corrected chi connectivity index (χ2v) is 6.11. The molecule has 3 saturated heterocycles. The number of nitrogens with one attached hydrogen (secondary N) is 1. The summed E-state index contributed by atoms with van der Waals surface area (Å²) in [6.07, 6.45) is 6.40. The highest BCUT2D eigenvalue weighted by molar-refractivity contribution is 5.85. The Labute approximate surface area is 114 Å². The van der Waals surface area contributed by atoms with E-state index in [1.165, 1.54) is 38.8 Å². The summed E-state index contributed by atoms with van der Waals surface area (Å²) in [5.74, 6) is 0.125. The molecule has 19 heavy (non-hydrogen) atoms. The minimum absolute atomic E-state index is 0.00312. The van der Waals surface area contributed by atoms with Crippen molar-refractivity contribution in [2.24, 2.45) is 0 Å². The van der Waals surface area contributed by atoms with Crippen molar-refractivity contribution in [3.63, 3.8) is 0 Å². The molecule has 5 heteroatoms. The third-order valence-corrected chi connectivity index (χ3v) is 4.93. The molecular weight excluding hydrogens is 242 g/mol. The topological polar surface area (TPSA) is 52.7 Å². The third kappa shape index (κ3) is 2.48. The van der Waals surface area contributed by atoms with Gasteiger partial charge in [0.05, 0.1) is 6.54 Å². The lowest BCUT2D eigenvalue weighted by molar-refractivity contribution is -0.133. The number of likely N-dealkylation sites (tertiary alicyclic amines) is 1. The van der Waals surface area contributed by atoms with Crippen molar-refractivity contribution in [2.45, 2.75) is 44.1 Å². The van der Waals surface area contributed by atoms with Crippen LogP contribution in [0.15, 0.2) is 0 Å². The highest BCUT2D eigenvalue weighted by atomic mass is 16.2. The van der Waals surface area contributed by atoms with Crippen LogP contribution in [0.1, 0.15) is 38.5 Å². The highest BCUT2D eigenvalue weighted by Crippen LogP contribution is 2.38. The maximum atomic E-state index is 12.0. The third-order valence-electron chi connectivity index (χ3n) is 4.93. The fourth-order valence-corrected chi connectivity index (χ4v) is 3.88. The number of carbonyl (C=O) groups is 2. The SMILES string of the molecule is O=C(CN1CCCC1=O)NCC12CCCN1CCC2. The van der Waals surface area contributed by atoms with E-state index in [0.29, 0.717) is 6.42 Å². The number of hydrogen-bond donors (Lipinski definition) is 1. The van der Waals surface area contributed by atoms with Gasteiger partial charge in [-0.2, -0.15) is 0 Å². The minimum Gasteiger partial charge on any atom is -0.353 e. The fraction of sp³-hybridized carbons (Fsp3) is 0.857. The van der Waals surface area contributed by atoms with Crippen LogP contribution >= 0.6 is 0 Å². The number of amides is 2. The van der Waals surface area contributed by atoms with Gasteiger partial charge >= 0.3 is 0 Å². The summed E-state index contributed by atoms with van der Waals surface area (Å²) in [7, 11) is 0. The van der Waals surface area contributed by atoms with Crippen LogP contribution in [0.2, 0.25) is 0 Å². The van der Waals surface area contributed by atoms with Crippen LogP contribution in [-0.4, -0.2) is 59.9 Å². The maximum absolute atomic E-state index is 12.0. The Bertz CT molecular complexity index is 373. The van der Waals surface area contributed by atoms with E-state index in [2.05, 4.69) is 10.2 Å². The summed E-state index contributed by atoms with van der Waals surface area (Å²) in [6.45, 7) is 4.10. The van der Waals surface area contributed by atoms with Gasteiger partial charge in [0.25, 0.3) is 0 Å². The van der Waals surface area contributed by atoms with Crippen molar-refractivity contribution in [1.29, 1.82) is 0 Å². The lowest BCUT2D eigenvalue weighted by atomic mass is 9.94. The summed E-state index contributed by atoms with van der Waals surface area (Å²) < 4.78 is 0. The molecule has 3 aliphatic heterocycles. The van der Waals surface area contributed by atoms with Crippen LogP contribution in [0.25, 0.3) is 0 Å². The van der Waals surface area contributed by atoms with Gasteiger partial charge in [0, 0.05) is 25.0 Å². The highest BCUT2D eigenvalue weighted by Gasteiger charge is 2.44. The number of fused-ring (bicyclic) bond motifs is 1. The van der Waals surface area contributed by atoms with Gasteiger partial charge < -0.3 is 10.2 Å². The van der Waals surface area contributed by atoms with Gasteiger partial charge in [-0.15, -0.1) is 0 Å². The minimum atomic E-state index is 0.00312. The van der Waals surface area contributed by atoms with Gasteiger partial charge in [0.2, 0.25) is 11.8 Å². The van der Waals surface area contributed by atoms with Crippen LogP contribution in [-0.2, 0) is 9.59 Å². The summed E-state index contributed by atoms with van der Waals surface area (Å²) in [5.41, 5.74) is 0.227. The first-order valence-electron chi connectivity index (χ1n) is 7.49. The van der Waals surface area contributed by atoms with E-state index in [-0.39, 0.29) is 23.9 Å². The zero-order valence-corrected chi connectivity index (χ0v) is 11.5. The fourth-order valence-electron chi connectivity index (χ4n) is 3.88. The molecule has 3 aliphatic rings. The van der Waals surface area contributed by atoms with Gasteiger partial charge in [-0.3, -0.25) is 14.5 Å². The van der Waals surface area contributed by atoms with Gasteiger partial charge in [0.15, 0.2) is 0 Å². The Hall–Kier alpha value is -1.10. The molecule has 0 aromatic heterocycles. The summed E-state index contributed by atoms with van der Waals surface area (Å²) >= 11 is 0. The molecule has 0 aromatic rings. The molecule has 106 valence electrons. The van der Waals surface area contributed by atoms with Crippen LogP contribution < -0.4 is 5.32 Å². The van der Waals surface area contributed by atoms with Crippen LogP contribution in [0, 0.1) is 0 Å². The average Bonchev–Trinajstić information content (AvgIpc) is 3.03. The van der Waals surface area contributed by atoms with Crippen LogP contribution in [0.3, 0.4) is 0 Å². The lowest BCUT2D eigenvalue weighted by Gasteiger charge is -2.32. The van der Waals surface area contributed by atoms with Gasteiger partial charge in [-0.25, -0.2) is 0 Å². The van der Waals surface area contributed by atoms with Crippen molar-refractivity contribution in [3.8, 4) is 0 Å². The van der Waals surface area contributed by atoms with E-state index in [4.69, 9.17) is 0 Å². The molecule has 0 aliphatic carbocycles. The first-order valence-corrected chi connectivity index (χ1v) is 7.49. The Kier molecular flexibility index (Phi) is 3.48. The second kappa shape index (κ2) is 5.12. The molecule has 0 aromatic carbocycles. The van der Waals surface area contributed by atoms with E-state index >= 15 is 0 Å². The standard InChI is InChI=1S/C14H23N3O2/c18-12(10-16-7-1-4-13(16)19)15-11-14-5-2-8-17(14)9-3-6-14/h1-11H2,(H,15,18). The Balaban J connectivity index is 1.49. The summed E-state index contributed by atoms with van der Waals surface area (Å²) in [6, 6.07) is 0. The molecule has 3 fully saturated rings. The van der Waals surface area contributed by atoms with Crippen molar-refractivity contribution >= 4 is 11.8 Å². The number of hydrogen-bond acceptors (Lipinski definition) is 3. The molecule has 2 amide bonds. The van der Waals surface area contributed by atoms with Crippen LogP contribution in [0.5, 0.6) is 0 Å². The molecule has 0 bridgehead atoms. The number of carbonyl (C=O) groups excluding carboxylic acids is 2. The summed E-state index contributed by atoms with van der Waals surface area (Å²) in [5, 5.41) is 3.06. The molecule has 0 atom stereocenters. The zero-order valence-electron chi connectivity index (χ0n) is 11.5. The molecule has 0 unspecified atom stereocenters. The predicted octanol–water partition coefficient (Wildman–Crippen LogP) is 0.353. The number of rotatable bonds is 4. The molecule has 0 saturated carbocycles. The largest absolute Gasteiger partial charge is 0.353 e. The first-order chi connectivity index (χ1) is 9.20. The van der Waals surface area contributed by atoms with Gasteiger partial charge in [-0.1, -0.05) is 0 Å². The molecular formula is C14H23N3O2.